The van der Waals surface area contributed by atoms with E-state index in [1.54, 1.807) is 11.3 Å². The third-order valence-electron chi connectivity index (χ3n) is 4.14. The molecule has 1 saturated heterocycles. The number of fused-ring (bicyclic) bond motifs is 1. The third-order valence-corrected chi connectivity index (χ3v) is 4.95. The summed E-state index contributed by atoms with van der Waals surface area (Å²) in [7, 11) is 4.06. The van der Waals surface area contributed by atoms with Crippen molar-refractivity contribution in [3.63, 3.8) is 0 Å². The van der Waals surface area contributed by atoms with E-state index < -0.39 is 0 Å². The molecule has 0 unspecified atom stereocenters. The average Bonchev–Trinajstić information content (AvgIpc) is 2.88. The summed E-state index contributed by atoms with van der Waals surface area (Å²) in [6.45, 7) is 7.60. The van der Waals surface area contributed by atoms with Gasteiger partial charge in [-0.2, -0.15) is 4.98 Å². The Balaban J connectivity index is 2.03. The van der Waals surface area contributed by atoms with Crippen LogP contribution >= 0.6 is 11.3 Å². The molecule has 0 saturated carbocycles. The van der Waals surface area contributed by atoms with Crippen LogP contribution in [0.3, 0.4) is 0 Å². The molecule has 3 rings (SSSR count). The van der Waals surface area contributed by atoms with Crippen LogP contribution in [-0.4, -0.2) is 54.1 Å². The van der Waals surface area contributed by atoms with Crippen LogP contribution in [0.15, 0.2) is 11.4 Å². The Hall–Kier alpha value is -1.40. The molecule has 1 fully saturated rings. The summed E-state index contributed by atoms with van der Waals surface area (Å²) in [5.74, 6) is 1.76. The number of thiophene rings is 1. The fourth-order valence-electron chi connectivity index (χ4n) is 2.61. The first-order chi connectivity index (χ1) is 9.51. The summed E-state index contributed by atoms with van der Waals surface area (Å²) in [5.41, 5.74) is 0.158. The molecule has 0 spiro atoms. The Morgan fingerprint density at radius 1 is 1.30 bits per heavy atom. The van der Waals surface area contributed by atoms with Gasteiger partial charge in [0.1, 0.15) is 10.6 Å². The highest BCUT2D eigenvalue weighted by Crippen LogP contribution is 2.31. The lowest BCUT2D eigenvalue weighted by Crippen LogP contribution is -2.57. The molecule has 0 aliphatic carbocycles. The molecule has 2 aromatic rings. The molecular formula is C14H21N5S. The van der Waals surface area contributed by atoms with E-state index >= 15 is 0 Å². The van der Waals surface area contributed by atoms with Crippen LogP contribution in [0, 0.1) is 0 Å². The Kier molecular flexibility index (Phi) is 3.30. The van der Waals surface area contributed by atoms with Crippen molar-refractivity contribution >= 4 is 33.3 Å². The van der Waals surface area contributed by atoms with Crippen molar-refractivity contribution in [2.24, 2.45) is 0 Å². The fourth-order valence-corrected chi connectivity index (χ4v) is 3.37. The quantitative estimate of drug-likeness (QED) is 0.919. The van der Waals surface area contributed by atoms with Gasteiger partial charge < -0.3 is 10.2 Å². The minimum absolute atomic E-state index is 0.158. The smallest absolute Gasteiger partial charge is 0.225 e. The van der Waals surface area contributed by atoms with Gasteiger partial charge in [-0.15, -0.1) is 11.3 Å². The number of likely N-dealkylation sites (N-methyl/N-ethyl adjacent to an activating group) is 1. The maximum absolute atomic E-state index is 4.70. The Bertz CT molecular complexity index is 621. The van der Waals surface area contributed by atoms with Crippen molar-refractivity contribution in [1.82, 2.24) is 14.9 Å². The van der Waals surface area contributed by atoms with E-state index in [2.05, 4.69) is 52.4 Å². The molecule has 1 aliphatic heterocycles. The van der Waals surface area contributed by atoms with E-state index in [0.29, 0.717) is 5.95 Å². The summed E-state index contributed by atoms with van der Waals surface area (Å²) in [5, 5.41) is 6.31. The molecule has 0 aromatic carbocycles. The van der Waals surface area contributed by atoms with E-state index in [0.717, 1.165) is 35.7 Å². The monoisotopic (exact) mass is 291 g/mol. The van der Waals surface area contributed by atoms with Gasteiger partial charge in [-0.05, 0) is 32.3 Å². The number of nitrogens with one attached hydrogen (secondary N) is 1. The standard InChI is InChI=1S/C14H21N5S/c1-14(2)9-19(7-6-18(14)4)11-10-5-8-20-12(10)17-13(15-3)16-11/h5,8H,6-7,9H2,1-4H3,(H,15,16,17). The lowest BCUT2D eigenvalue weighted by Gasteiger charge is -2.45. The second-order valence-electron chi connectivity index (χ2n) is 5.92. The Labute approximate surface area is 123 Å². The number of aromatic nitrogens is 2. The zero-order valence-corrected chi connectivity index (χ0v) is 13.3. The van der Waals surface area contributed by atoms with Crippen molar-refractivity contribution < 1.29 is 0 Å². The molecule has 3 heterocycles. The molecule has 2 aromatic heterocycles. The largest absolute Gasteiger partial charge is 0.357 e. The van der Waals surface area contributed by atoms with E-state index in [1.807, 2.05) is 7.05 Å². The van der Waals surface area contributed by atoms with Crippen molar-refractivity contribution in [3.05, 3.63) is 11.4 Å². The summed E-state index contributed by atoms with van der Waals surface area (Å²) in [6.07, 6.45) is 0. The first kappa shape index (κ1) is 13.6. The normalized spacial score (nSPS) is 19.5. The van der Waals surface area contributed by atoms with Crippen LogP contribution in [-0.2, 0) is 0 Å². The lowest BCUT2D eigenvalue weighted by atomic mass is 9.99. The predicted molar refractivity (Wildman–Crippen MR) is 85.9 cm³/mol. The van der Waals surface area contributed by atoms with Gasteiger partial charge in [0.25, 0.3) is 0 Å². The highest BCUT2D eigenvalue weighted by Gasteiger charge is 2.32. The first-order valence-electron chi connectivity index (χ1n) is 6.90. The number of anilines is 2. The zero-order chi connectivity index (χ0) is 14.3. The van der Waals surface area contributed by atoms with Gasteiger partial charge in [0.2, 0.25) is 5.95 Å². The number of hydrogen-bond donors (Lipinski definition) is 1. The predicted octanol–water partition coefficient (Wildman–Crippen LogP) is 2.26. The lowest BCUT2D eigenvalue weighted by molar-refractivity contribution is 0.138. The molecule has 0 radical (unpaired) electrons. The van der Waals surface area contributed by atoms with Gasteiger partial charge in [0.15, 0.2) is 0 Å². The molecule has 0 bridgehead atoms. The van der Waals surface area contributed by atoms with Crippen LogP contribution in [0.25, 0.3) is 10.2 Å². The van der Waals surface area contributed by atoms with Gasteiger partial charge >= 0.3 is 0 Å². The van der Waals surface area contributed by atoms with Gasteiger partial charge in [0, 0.05) is 32.2 Å². The fraction of sp³-hybridized carbons (Fsp3) is 0.571. The maximum atomic E-state index is 4.70. The van der Waals surface area contributed by atoms with E-state index in [1.165, 1.54) is 0 Å². The number of hydrogen-bond acceptors (Lipinski definition) is 6. The zero-order valence-electron chi connectivity index (χ0n) is 12.5. The van der Waals surface area contributed by atoms with Crippen molar-refractivity contribution in [2.75, 3.05) is 43.9 Å². The van der Waals surface area contributed by atoms with Gasteiger partial charge in [0.05, 0.1) is 5.39 Å². The number of nitrogens with zero attached hydrogens (tertiary/aromatic N) is 4. The maximum Gasteiger partial charge on any atom is 0.225 e. The van der Waals surface area contributed by atoms with Crippen LogP contribution < -0.4 is 10.2 Å². The van der Waals surface area contributed by atoms with Crippen LogP contribution in [0.2, 0.25) is 0 Å². The molecule has 1 aliphatic rings. The molecule has 1 N–H and O–H groups in total. The van der Waals surface area contributed by atoms with Crippen LogP contribution in [0.4, 0.5) is 11.8 Å². The van der Waals surface area contributed by atoms with E-state index in [9.17, 15) is 0 Å². The number of piperazine rings is 1. The molecule has 6 heteroatoms. The Morgan fingerprint density at radius 2 is 2.10 bits per heavy atom. The minimum atomic E-state index is 0.158. The highest BCUT2D eigenvalue weighted by molar-refractivity contribution is 7.16. The SMILES string of the molecule is CNc1nc(N2CCN(C)C(C)(C)C2)c2ccsc2n1. The molecule has 5 nitrogen and oxygen atoms in total. The van der Waals surface area contributed by atoms with Gasteiger partial charge in [-0.1, -0.05) is 0 Å². The van der Waals surface area contributed by atoms with Crippen LogP contribution in [0.1, 0.15) is 13.8 Å². The van der Waals surface area contributed by atoms with Crippen molar-refractivity contribution in [1.29, 1.82) is 0 Å². The molecule has 108 valence electrons. The van der Waals surface area contributed by atoms with E-state index in [-0.39, 0.29) is 5.54 Å². The second-order valence-corrected chi connectivity index (χ2v) is 6.81. The van der Waals surface area contributed by atoms with Gasteiger partial charge in [-0.25, -0.2) is 4.98 Å². The third kappa shape index (κ3) is 2.23. The molecule has 0 amide bonds. The number of rotatable bonds is 2. The highest BCUT2D eigenvalue weighted by atomic mass is 32.1. The second kappa shape index (κ2) is 4.86. The summed E-state index contributed by atoms with van der Waals surface area (Å²) < 4.78 is 0. The van der Waals surface area contributed by atoms with Crippen molar-refractivity contribution in [2.45, 2.75) is 19.4 Å². The first-order valence-corrected chi connectivity index (χ1v) is 7.78. The average molecular weight is 291 g/mol. The molecular weight excluding hydrogens is 270 g/mol. The van der Waals surface area contributed by atoms with Gasteiger partial charge in [-0.3, -0.25) is 4.90 Å². The Morgan fingerprint density at radius 3 is 2.80 bits per heavy atom. The van der Waals surface area contributed by atoms with E-state index in [4.69, 9.17) is 4.98 Å². The minimum Gasteiger partial charge on any atom is -0.357 e. The summed E-state index contributed by atoms with van der Waals surface area (Å²) in [4.78, 5) is 15.1. The summed E-state index contributed by atoms with van der Waals surface area (Å²) in [6, 6.07) is 2.13. The van der Waals surface area contributed by atoms with Crippen molar-refractivity contribution in [3.8, 4) is 0 Å². The molecule has 0 atom stereocenters. The topological polar surface area (TPSA) is 44.3 Å². The summed E-state index contributed by atoms with van der Waals surface area (Å²) >= 11 is 1.67. The molecule has 20 heavy (non-hydrogen) atoms. The van der Waals surface area contributed by atoms with Crippen LogP contribution in [0.5, 0.6) is 0 Å².